The number of nitrogens with one attached hydrogen (secondary N) is 1. The summed E-state index contributed by atoms with van der Waals surface area (Å²) in [5, 5.41) is 4.11. The van der Waals surface area contributed by atoms with Gasteiger partial charge >= 0.3 is 0 Å². The maximum Gasteiger partial charge on any atom is 0.183 e. The zero-order chi connectivity index (χ0) is 14.2. The molecule has 2 rings (SSSR count). The molecule has 0 unspecified atom stereocenters. The average Bonchev–Trinajstić information content (AvgIpc) is 2.69. The van der Waals surface area contributed by atoms with Crippen LogP contribution in [0.25, 0.3) is 11.3 Å². The van der Waals surface area contributed by atoms with E-state index in [9.17, 15) is 0 Å². The first-order chi connectivity index (χ1) is 8.82. The van der Waals surface area contributed by atoms with Crippen LogP contribution in [-0.4, -0.2) is 12.0 Å². The average molecular weight is 274 g/mol. The maximum atomic E-state index is 4.69. The van der Waals surface area contributed by atoms with E-state index in [2.05, 4.69) is 63.1 Å². The highest BCUT2D eigenvalue weighted by molar-refractivity contribution is 7.15. The standard InChI is InChI=1S/C16H22N2S/c1-10-7-8-12(16(3,4)5)9-13(10)14-11(2)19-15(17-6)18-14/h7-9H,1-6H3,(H,17,18). The first-order valence-electron chi connectivity index (χ1n) is 6.59. The summed E-state index contributed by atoms with van der Waals surface area (Å²) in [5.41, 5.74) is 5.16. The van der Waals surface area contributed by atoms with Gasteiger partial charge in [-0.05, 0) is 36.5 Å². The Balaban J connectivity index is 2.57. The zero-order valence-corrected chi connectivity index (χ0v) is 13.4. The Bertz CT molecular complexity index is 591. The van der Waals surface area contributed by atoms with Crippen LogP contribution >= 0.6 is 11.3 Å². The smallest absolute Gasteiger partial charge is 0.183 e. The Morgan fingerprint density at radius 3 is 2.37 bits per heavy atom. The molecule has 0 saturated heterocycles. The van der Waals surface area contributed by atoms with Crippen molar-refractivity contribution in [1.29, 1.82) is 0 Å². The summed E-state index contributed by atoms with van der Waals surface area (Å²) >= 11 is 1.71. The highest BCUT2D eigenvalue weighted by Crippen LogP contribution is 2.34. The van der Waals surface area contributed by atoms with E-state index < -0.39 is 0 Å². The monoisotopic (exact) mass is 274 g/mol. The van der Waals surface area contributed by atoms with Crippen LogP contribution in [-0.2, 0) is 5.41 Å². The molecule has 0 saturated carbocycles. The molecule has 2 aromatic rings. The SMILES string of the molecule is CNc1nc(-c2cc(C(C)(C)C)ccc2C)c(C)s1. The van der Waals surface area contributed by atoms with Crippen molar-refractivity contribution in [2.45, 2.75) is 40.0 Å². The van der Waals surface area contributed by atoms with Gasteiger partial charge in [0.2, 0.25) is 0 Å². The minimum absolute atomic E-state index is 0.165. The normalized spacial score (nSPS) is 11.7. The lowest BCUT2D eigenvalue weighted by atomic mass is 9.85. The lowest BCUT2D eigenvalue weighted by molar-refractivity contribution is 0.590. The second kappa shape index (κ2) is 4.97. The summed E-state index contributed by atoms with van der Waals surface area (Å²) in [6.45, 7) is 11.0. The molecule has 19 heavy (non-hydrogen) atoms. The molecule has 102 valence electrons. The number of benzene rings is 1. The number of hydrogen-bond acceptors (Lipinski definition) is 3. The van der Waals surface area contributed by atoms with E-state index in [4.69, 9.17) is 0 Å². The third kappa shape index (κ3) is 2.81. The van der Waals surface area contributed by atoms with E-state index in [0.717, 1.165) is 10.8 Å². The molecule has 3 heteroatoms. The predicted octanol–water partition coefficient (Wildman–Crippen LogP) is 4.77. The predicted molar refractivity (Wildman–Crippen MR) is 85.3 cm³/mol. The van der Waals surface area contributed by atoms with Crippen molar-refractivity contribution in [3.05, 3.63) is 34.2 Å². The molecular weight excluding hydrogens is 252 g/mol. The van der Waals surface area contributed by atoms with Gasteiger partial charge in [-0.15, -0.1) is 11.3 Å². The first kappa shape index (κ1) is 14.1. The molecule has 0 atom stereocenters. The van der Waals surface area contributed by atoms with Gasteiger partial charge < -0.3 is 5.32 Å². The summed E-state index contributed by atoms with van der Waals surface area (Å²) in [6, 6.07) is 6.71. The van der Waals surface area contributed by atoms with Crippen molar-refractivity contribution in [1.82, 2.24) is 4.98 Å². The molecule has 1 aromatic heterocycles. The largest absolute Gasteiger partial charge is 0.365 e. The molecule has 1 N–H and O–H groups in total. The third-order valence-corrected chi connectivity index (χ3v) is 4.36. The molecular formula is C16H22N2S. The number of nitrogens with zero attached hydrogens (tertiary/aromatic N) is 1. The first-order valence-corrected chi connectivity index (χ1v) is 7.41. The Hall–Kier alpha value is -1.35. The van der Waals surface area contributed by atoms with Crippen LogP contribution in [0.15, 0.2) is 18.2 Å². The molecule has 0 radical (unpaired) electrons. The van der Waals surface area contributed by atoms with Crippen molar-refractivity contribution in [2.75, 3.05) is 12.4 Å². The summed E-state index contributed by atoms with van der Waals surface area (Å²) in [6.07, 6.45) is 0. The quantitative estimate of drug-likeness (QED) is 0.853. The number of thiazole rings is 1. The third-order valence-electron chi connectivity index (χ3n) is 3.37. The van der Waals surface area contributed by atoms with Gasteiger partial charge in [0, 0.05) is 17.5 Å². The molecule has 1 heterocycles. The Kier molecular flexibility index (Phi) is 3.68. The van der Waals surface area contributed by atoms with Gasteiger partial charge in [-0.1, -0.05) is 32.9 Å². The van der Waals surface area contributed by atoms with Crippen LogP contribution in [0.1, 0.15) is 36.8 Å². The van der Waals surface area contributed by atoms with Crippen molar-refractivity contribution in [3.63, 3.8) is 0 Å². The summed E-state index contributed by atoms with van der Waals surface area (Å²) in [5.74, 6) is 0. The molecule has 0 fully saturated rings. The van der Waals surface area contributed by atoms with Gasteiger partial charge in [-0.25, -0.2) is 4.98 Å². The van der Waals surface area contributed by atoms with Gasteiger partial charge in [-0.3, -0.25) is 0 Å². The molecule has 0 bridgehead atoms. The number of anilines is 1. The Morgan fingerprint density at radius 1 is 1.16 bits per heavy atom. The number of hydrogen-bond donors (Lipinski definition) is 1. The van der Waals surface area contributed by atoms with Crippen LogP contribution in [0.3, 0.4) is 0 Å². The molecule has 0 aliphatic heterocycles. The molecule has 0 spiro atoms. The number of aromatic nitrogens is 1. The van der Waals surface area contributed by atoms with Gasteiger partial charge in [0.1, 0.15) is 0 Å². The van der Waals surface area contributed by atoms with Crippen LogP contribution in [0.4, 0.5) is 5.13 Å². The number of rotatable bonds is 2. The minimum atomic E-state index is 0.165. The molecule has 0 amide bonds. The summed E-state index contributed by atoms with van der Waals surface area (Å²) < 4.78 is 0. The van der Waals surface area contributed by atoms with Crippen molar-refractivity contribution in [3.8, 4) is 11.3 Å². The van der Waals surface area contributed by atoms with E-state index >= 15 is 0 Å². The van der Waals surface area contributed by atoms with Crippen LogP contribution < -0.4 is 5.32 Å². The van der Waals surface area contributed by atoms with Crippen molar-refractivity contribution < 1.29 is 0 Å². The van der Waals surface area contributed by atoms with Crippen molar-refractivity contribution in [2.24, 2.45) is 0 Å². The van der Waals surface area contributed by atoms with E-state index in [0.29, 0.717) is 0 Å². The fourth-order valence-corrected chi connectivity index (χ4v) is 2.88. The lowest BCUT2D eigenvalue weighted by Crippen LogP contribution is -2.11. The van der Waals surface area contributed by atoms with E-state index in [-0.39, 0.29) is 5.41 Å². The maximum absolute atomic E-state index is 4.69. The fourth-order valence-electron chi connectivity index (χ4n) is 2.10. The highest BCUT2D eigenvalue weighted by Gasteiger charge is 2.17. The van der Waals surface area contributed by atoms with Gasteiger partial charge in [0.25, 0.3) is 0 Å². The lowest BCUT2D eigenvalue weighted by Gasteiger charge is -2.20. The number of aryl methyl sites for hydroxylation is 2. The highest BCUT2D eigenvalue weighted by atomic mass is 32.1. The van der Waals surface area contributed by atoms with E-state index in [1.807, 2.05) is 7.05 Å². The van der Waals surface area contributed by atoms with Crippen molar-refractivity contribution >= 4 is 16.5 Å². The minimum Gasteiger partial charge on any atom is -0.365 e. The van der Waals surface area contributed by atoms with Crippen LogP contribution in [0, 0.1) is 13.8 Å². The second-order valence-corrected chi connectivity index (χ2v) is 7.16. The Morgan fingerprint density at radius 2 is 1.84 bits per heavy atom. The summed E-state index contributed by atoms with van der Waals surface area (Å²) in [7, 11) is 1.92. The molecule has 2 nitrogen and oxygen atoms in total. The molecule has 0 aliphatic carbocycles. The van der Waals surface area contributed by atoms with Gasteiger partial charge in [-0.2, -0.15) is 0 Å². The Labute approximate surface area is 119 Å². The topological polar surface area (TPSA) is 24.9 Å². The molecule has 0 aliphatic rings. The van der Waals surface area contributed by atoms with Crippen LogP contribution in [0.2, 0.25) is 0 Å². The van der Waals surface area contributed by atoms with Gasteiger partial charge in [0.05, 0.1) is 5.69 Å². The fraction of sp³-hybridized carbons (Fsp3) is 0.438. The zero-order valence-electron chi connectivity index (χ0n) is 12.6. The van der Waals surface area contributed by atoms with E-state index in [1.165, 1.54) is 21.6 Å². The second-order valence-electron chi connectivity index (χ2n) is 5.95. The van der Waals surface area contributed by atoms with Gasteiger partial charge in [0.15, 0.2) is 5.13 Å². The summed E-state index contributed by atoms with van der Waals surface area (Å²) in [4.78, 5) is 5.95. The van der Waals surface area contributed by atoms with E-state index in [1.54, 1.807) is 11.3 Å². The molecule has 1 aromatic carbocycles. The van der Waals surface area contributed by atoms with Crippen LogP contribution in [0.5, 0.6) is 0 Å².